The van der Waals surface area contributed by atoms with Gasteiger partial charge in [0.25, 0.3) is 0 Å². The molecule has 0 aromatic rings. The maximum atomic E-state index is 5.78. The highest BCUT2D eigenvalue weighted by molar-refractivity contribution is 7.64. The Labute approximate surface area is 83.3 Å². The summed E-state index contributed by atoms with van der Waals surface area (Å²) in [6.07, 6.45) is 6.62. The molecule has 0 N–H and O–H groups in total. The van der Waals surface area contributed by atoms with Gasteiger partial charge in [-0.2, -0.15) is 0 Å². The van der Waals surface area contributed by atoms with Gasteiger partial charge >= 0.3 is 6.00 Å². The molecule has 1 saturated carbocycles. The van der Waals surface area contributed by atoms with E-state index in [4.69, 9.17) is 33.2 Å². The van der Waals surface area contributed by atoms with Gasteiger partial charge in [-0.15, -0.1) is 33.2 Å². The van der Waals surface area contributed by atoms with E-state index < -0.39 is 6.00 Å². The second kappa shape index (κ2) is 4.36. The zero-order valence-corrected chi connectivity index (χ0v) is 9.72. The van der Waals surface area contributed by atoms with Crippen LogP contribution in [0.3, 0.4) is 0 Å². The number of hydrogen-bond acceptors (Lipinski definition) is 0. The van der Waals surface area contributed by atoms with Crippen LogP contribution in [0.25, 0.3) is 0 Å². The van der Waals surface area contributed by atoms with Gasteiger partial charge in [0.2, 0.25) is 0 Å². The van der Waals surface area contributed by atoms with Gasteiger partial charge in [0.05, 0.1) is 0 Å². The largest absolute Gasteiger partial charge is 0.341 e. The summed E-state index contributed by atoms with van der Waals surface area (Å²) < 4.78 is 0. The molecular weight excluding hydrogens is 219 g/mol. The van der Waals surface area contributed by atoms with E-state index in [1.165, 1.54) is 25.7 Å². The Morgan fingerprint density at radius 3 is 2.09 bits per heavy atom. The smallest absolute Gasteiger partial charge is 0.126 e. The highest BCUT2D eigenvalue weighted by Crippen LogP contribution is 2.34. The van der Waals surface area contributed by atoms with Crippen LogP contribution in [0.2, 0.25) is 6.04 Å². The average Bonchev–Trinajstić information content (AvgIpc) is 2.32. The van der Waals surface area contributed by atoms with Crippen LogP contribution in [0.5, 0.6) is 0 Å². The van der Waals surface area contributed by atoms with Crippen LogP contribution in [-0.4, -0.2) is 6.00 Å². The van der Waals surface area contributed by atoms with Crippen molar-refractivity contribution in [1.29, 1.82) is 0 Å². The van der Waals surface area contributed by atoms with E-state index in [2.05, 4.69) is 0 Å². The normalized spacial score (nSPS) is 21.0. The van der Waals surface area contributed by atoms with Crippen LogP contribution >= 0.6 is 33.2 Å². The van der Waals surface area contributed by atoms with E-state index in [1.807, 2.05) is 0 Å². The molecule has 1 rings (SSSR count). The predicted molar refractivity (Wildman–Crippen MR) is 54.7 cm³/mol. The van der Waals surface area contributed by atoms with E-state index in [0.29, 0.717) is 0 Å². The minimum atomic E-state index is -2.31. The first kappa shape index (κ1) is 10.2. The lowest BCUT2D eigenvalue weighted by atomic mass is 10.1. The van der Waals surface area contributed by atoms with Crippen molar-refractivity contribution in [3.63, 3.8) is 0 Å². The van der Waals surface area contributed by atoms with Crippen LogP contribution < -0.4 is 0 Å². The predicted octanol–water partition coefficient (Wildman–Crippen LogP) is 4.22. The molecular formula is C7H13Cl3Si. The number of hydrogen-bond donors (Lipinski definition) is 0. The third-order valence-corrected chi connectivity index (χ3v) is 4.87. The standard InChI is InChI=1S/C7H13Cl3Si/c8-11(9,10)6-5-7-3-1-2-4-7/h7H,1-6H2. The Hall–Kier alpha value is 1.09. The van der Waals surface area contributed by atoms with Gasteiger partial charge in [-0.25, -0.2) is 0 Å². The molecule has 0 amide bonds. The van der Waals surface area contributed by atoms with E-state index in [1.54, 1.807) is 0 Å². The Kier molecular flexibility index (Phi) is 4.03. The van der Waals surface area contributed by atoms with E-state index >= 15 is 0 Å². The van der Waals surface area contributed by atoms with Crippen molar-refractivity contribution in [1.82, 2.24) is 0 Å². The molecule has 0 heterocycles. The summed E-state index contributed by atoms with van der Waals surface area (Å²) in [5.41, 5.74) is 0. The molecule has 0 nitrogen and oxygen atoms in total. The molecule has 0 spiro atoms. The fourth-order valence-electron chi connectivity index (χ4n) is 1.67. The third kappa shape index (κ3) is 4.61. The molecule has 0 bridgehead atoms. The molecule has 4 heteroatoms. The van der Waals surface area contributed by atoms with E-state index in [-0.39, 0.29) is 0 Å². The van der Waals surface area contributed by atoms with Gasteiger partial charge in [0.1, 0.15) is 0 Å². The van der Waals surface area contributed by atoms with Gasteiger partial charge in [-0.05, 0) is 18.4 Å². The van der Waals surface area contributed by atoms with Gasteiger partial charge in [0.15, 0.2) is 0 Å². The van der Waals surface area contributed by atoms with E-state index in [0.717, 1.165) is 18.4 Å². The molecule has 0 aliphatic heterocycles. The van der Waals surface area contributed by atoms with Crippen molar-refractivity contribution in [2.45, 2.75) is 38.1 Å². The molecule has 1 aliphatic carbocycles. The molecule has 1 fully saturated rings. The molecule has 0 unspecified atom stereocenters. The minimum absolute atomic E-state index is 0.850. The quantitative estimate of drug-likeness (QED) is 0.504. The van der Waals surface area contributed by atoms with Gasteiger partial charge < -0.3 is 0 Å². The topological polar surface area (TPSA) is 0 Å². The first-order valence-electron chi connectivity index (χ1n) is 4.15. The monoisotopic (exact) mass is 230 g/mol. The number of rotatable bonds is 3. The second-order valence-electron chi connectivity index (χ2n) is 3.30. The molecule has 0 aromatic heterocycles. The van der Waals surface area contributed by atoms with Crippen LogP contribution in [0.4, 0.5) is 0 Å². The molecule has 11 heavy (non-hydrogen) atoms. The zero-order valence-electron chi connectivity index (χ0n) is 6.45. The Morgan fingerprint density at radius 1 is 1.09 bits per heavy atom. The van der Waals surface area contributed by atoms with Crippen molar-refractivity contribution >= 4 is 39.2 Å². The first-order valence-corrected chi connectivity index (χ1v) is 9.39. The summed E-state index contributed by atoms with van der Waals surface area (Å²) in [6.45, 7) is 0. The van der Waals surface area contributed by atoms with Crippen molar-refractivity contribution in [2.75, 3.05) is 0 Å². The summed E-state index contributed by atoms with van der Waals surface area (Å²) in [6, 6.07) is -1.46. The average molecular weight is 232 g/mol. The summed E-state index contributed by atoms with van der Waals surface area (Å²) in [7, 11) is 0. The van der Waals surface area contributed by atoms with Crippen LogP contribution in [0.1, 0.15) is 32.1 Å². The van der Waals surface area contributed by atoms with Crippen molar-refractivity contribution in [3.8, 4) is 0 Å². The zero-order chi connectivity index (χ0) is 8.32. The fourth-order valence-corrected chi connectivity index (χ4v) is 3.38. The van der Waals surface area contributed by atoms with Gasteiger partial charge in [-0.1, -0.05) is 25.7 Å². The molecule has 0 atom stereocenters. The van der Waals surface area contributed by atoms with Crippen molar-refractivity contribution < 1.29 is 0 Å². The molecule has 1 aliphatic rings. The molecule has 0 radical (unpaired) electrons. The SMILES string of the molecule is Cl[Si](Cl)(Cl)CCC1CCCC1. The fraction of sp³-hybridized carbons (Fsp3) is 1.00. The highest BCUT2D eigenvalue weighted by Gasteiger charge is 2.26. The van der Waals surface area contributed by atoms with Gasteiger partial charge in [0, 0.05) is 0 Å². The molecule has 66 valence electrons. The Balaban J connectivity index is 2.11. The summed E-state index contributed by atoms with van der Waals surface area (Å²) in [5.74, 6) is 0.859. The van der Waals surface area contributed by atoms with Gasteiger partial charge in [-0.3, -0.25) is 0 Å². The first-order chi connectivity index (χ1) is 5.08. The maximum Gasteiger partial charge on any atom is 0.341 e. The van der Waals surface area contributed by atoms with Crippen LogP contribution in [0.15, 0.2) is 0 Å². The Morgan fingerprint density at radius 2 is 1.64 bits per heavy atom. The summed E-state index contributed by atoms with van der Waals surface area (Å²) in [4.78, 5) is 0. The van der Waals surface area contributed by atoms with Crippen LogP contribution in [0, 0.1) is 5.92 Å². The number of halogens is 3. The van der Waals surface area contributed by atoms with E-state index in [9.17, 15) is 0 Å². The lowest BCUT2D eigenvalue weighted by Gasteiger charge is -2.11. The third-order valence-electron chi connectivity index (χ3n) is 2.31. The summed E-state index contributed by atoms with van der Waals surface area (Å²) >= 11 is 17.3. The van der Waals surface area contributed by atoms with Crippen molar-refractivity contribution in [3.05, 3.63) is 0 Å². The maximum absolute atomic E-state index is 5.78. The highest BCUT2D eigenvalue weighted by atomic mass is 35.8. The van der Waals surface area contributed by atoms with Crippen LogP contribution in [-0.2, 0) is 0 Å². The molecule has 0 saturated heterocycles. The second-order valence-corrected chi connectivity index (χ2v) is 12.6. The van der Waals surface area contributed by atoms with Crippen molar-refractivity contribution in [2.24, 2.45) is 5.92 Å². The lowest BCUT2D eigenvalue weighted by Crippen LogP contribution is -2.10. The minimum Gasteiger partial charge on any atom is -0.126 e. The summed E-state index contributed by atoms with van der Waals surface area (Å²) in [5, 5.41) is 0. The lowest BCUT2D eigenvalue weighted by molar-refractivity contribution is 0.529. The Bertz CT molecular complexity index is 115. The molecule has 0 aromatic carbocycles.